The number of H-pyrrole nitrogens is 1. The van der Waals surface area contributed by atoms with Gasteiger partial charge in [0.2, 0.25) is 0 Å². The van der Waals surface area contributed by atoms with Crippen LogP contribution in [0.25, 0.3) is 22.3 Å². The maximum absolute atomic E-state index is 12.8. The lowest BCUT2D eigenvalue weighted by molar-refractivity contribution is 0.0757. The molecule has 3 aromatic heterocycles. The molecular weight excluding hydrogens is 416 g/mol. The van der Waals surface area contributed by atoms with Gasteiger partial charge >= 0.3 is 0 Å². The van der Waals surface area contributed by atoms with Crippen LogP contribution in [0.1, 0.15) is 39.8 Å². The minimum absolute atomic E-state index is 0.222. The molecule has 8 heteroatoms. The number of ether oxygens (including phenoxy) is 1. The molecule has 1 aromatic carbocycles. The molecule has 164 valence electrons. The van der Waals surface area contributed by atoms with Crippen LogP contribution in [-0.4, -0.2) is 32.7 Å². The Morgan fingerprint density at radius 1 is 1.24 bits per heavy atom. The van der Waals surface area contributed by atoms with E-state index in [1.165, 1.54) is 0 Å². The van der Waals surface area contributed by atoms with Crippen molar-refractivity contribution in [1.29, 1.82) is 5.26 Å². The number of fused-ring (bicyclic) bond motifs is 2. The zero-order valence-corrected chi connectivity index (χ0v) is 18.3. The molecule has 0 bridgehead atoms. The summed E-state index contributed by atoms with van der Waals surface area (Å²) in [6, 6.07) is 15.4. The third-order valence-corrected chi connectivity index (χ3v) is 5.89. The van der Waals surface area contributed by atoms with Crippen molar-refractivity contribution in [2.24, 2.45) is 0 Å². The second-order valence-corrected chi connectivity index (χ2v) is 8.49. The number of aromatic nitrogens is 4. The second-order valence-electron chi connectivity index (χ2n) is 8.49. The van der Waals surface area contributed by atoms with E-state index in [4.69, 9.17) is 9.72 Å². The zero-order valence-electron chi connectivity index (χ0n) is 18.3. The summed E-state index contributed by atoms with van der Waals surface area (Å²) in [5.74, 6) is -0.222. The van der Waals surface area contributed by atoms with Crippen molar-refractivity contribution in [2.45, 2.75) is 32.4 Å². The molecule has 0 fully saturated rings. The highest BCUT2D eigenvalue weighted by atomic mass is 16.5. The summed E-state index contributed by atoms with van der Waals surface area (Å²) < 4.78 is 5.54. The first-order valence-electron chi connectivity index (χ1n) is 10.6. The number of carbonyl (C=O) groups is 1. The van der Waals surface area contributed by atoms with Crippen LogP contribution >= 0.6 is 0 Å². The van der Waals surface area contributed by atoms with Gasteiger partial charge in [0.25, 0.3) is 5.91 Å². The maximum atomic E-state index is 12.8. The summed E-state index contributed by atoms with van der Waals surface area (Å²) in [4.78, 5) is 22.0. The fourth-order valence-corrected chi connectivity index (χ4v) is 4.01. The molecule has 8 nitrogen and oxygen atoms in total. The van der Waals surface area contributed by atoms with E-state index >= 15 is 0 Å². The number of aryl methyl sites for hydroxylation is 1. The van der Waals surface area contributed by atoms with E-state index < -0.39 is 5.41 Å². The van der Waals surface area contributed by atoms with Crippen molar-refractivity contribution in [1.82, 2.24) is 25.5 Å². The minimum Gasteiger partial charge on any atom is -0.375 e. The first kappa shape index (κ1) is 20.8. The Hall–Kier alpha value is -4.09. The lowest BCUT2D eigenvalue weighted by Crippen LogP contribution is -2.33. The van der Waals surface area contributed by atoms with E-state index in [1.807, 2.05) is 44.2 Å². The van der Waals surface area contributed by atoms with Gasteiger partial charge < -0.3 is 10.1 Å². The molecule has 0 radical (unpaired) electrons. The van der Waals surface area contributed by atoms with Crippen molar-refractivity contribution >= 4 is 16.8 Å². The second kappa shape index (κ2) is 8.11. The number of hydrogen-bond donors (Lipinski definition) is 2. The van der Waals surface area contributed by atoms with Gasteiger partial charge in [-0.3, -0.25) is 14.9 Å². The standard InChI is InChI=1S/C25H22N6O2/c1-15-7-23(31-30-15)21-6-5-17-10-27-19(9-22(17)29-21)11-28-24(32)16-3-4-18-12-33-14-25(2,13-26)20(18)8-16/h3-10H,11-12,14H2,1-2H3,(H,28,32)(H,30,31)/t25-/m1/s1. The van der Waals surface area contributed by atoms with E-state index in [0.717, 1.165) is 39.1 Å². The van der Waals surface area contributed by atoms with E-state index in [0.29, 0.717) is 24.5 Å². The Morgan fingerprint density at radius 3 is 2.91 bits per heavy atom. The van der Waals surface area contributed by atoms with Gasteiger partial charge in [-0.25, -0.2) is 4.98 Å². The number of nitrogens with one attached hydrogen (secondary N) is 2. The largest absolute Gasteiger partial charge is 0.375 e. The summed E-state index contributed by atoms with van der Waals surface area (Å²) in [5.41, 5.74) is 5.53. The van der Waals surface area contributed by atoms with Gasteiger partial charge in [-0.05, 0) is 61.4 Å². The van der Waals surface area contributed by atoms with Gasteiger partial charge in [-0.1, -0.05) is 6.07 Å². The number of amides is 1. The van der Waals surface area contributed by atoms with Crippen molar-refractivity contribution in [3.8, 4) is 17.5 Å². The van der Waals surface area contributed by atoms with Crippen LogP contribution in [0.4, 0.5) is 0 Å². The van der Waals surface area contributed by atoms with Crippen LogP contribution in [0, 0.1) is 18.3 Å². The Kier molecular flexibility index (Phi) is 5.11. The molecule has 33 heavy (non-hydrogen) atoms. The topological polar surface area (TPSA) is 117 Å². The van der Waals surface area contributed by atoms with Crippen LogP contribution in [0.5, 0.6) is 0 Å². The van der Waals surface area contributed by atoms with Crippen LogP contribution in [0.3, 0.4) is 0 Å². The SMILES string of the molecule is Cc1cc(-c2ccc3cnc(CNC(=O)c4ccc5c(c4)[C@](C)(C#N)COC5)cc3n2)n[nH]1. The smallest absolute Gasteiger partial charge is 0.251 e. The van der Waals surface area contributed by atoms with Crippen molar-refractivity contribution in [3.63, 3.8) is 0 Å². The Morgan fingerprint density at radius 2 is 2.12 bits per heavy atom. The molecule has 0 spiro atoms. The summed E-state index contributed by atoms with van der Waals surface area (Å²) >= 11 is 0. The van der Waals surface area contributed by atoms with Gasteiger partial charge in [0, 0.05) is 22.8 Å². The highest BCUT2D eigenvalue weighted by Crippen LogP contribution is 2.32. The molecule has 1 aliphatic rings. The van der Waals surface area contributed by atoms with E-state index in [9.17, 15) is 10.1 Å². The van der Waals surface area contributed by atoms with E-state index in [2.05, 4.69) is 26.6 Å². The molecule has 4 heterocycles. The molecule has 0 saturated heterocycles. The Bertz CT molecular complexity index is 1420. The molecular formula is C25H22N6O2. The molecule has 1 aliphatic heterocycles. The number of carbonyl (C=O) groups excluding carboxylic acids is 1. The average molecular weight is 438 g/mol. The highest BCUT2D eigenvalue weighted by Gasteiger charge is 2.33. The normalized spacial score (nSPS) is 17.4. The predicted octanol–water partition coefficient (Wildman–Crippen LogP) is 3.57. The van der Waals surface area contributed by atoms with Gasteiger partial charge in [-0.2, -0.15) is 10.4 Å². The van der Waals surface area contributed by atoms with Crippen molar-refractivity contribution in [3.05, 3.63) is 76.7 Å². The van der Waals surface area contributed by atoms with E-state index in [-0.39, 0.29) is 12.5 Å². The number of aromatic amines is 1. The third kappa shape index (κ3) is 3.95. The summed E-state index contributed by atoms with van der Waals surface area (Å²) in [5, 5.41) is 20.6. The molecule has 2 N–H and O–H groups in total. The molecule has 5 rings (SSSR count). The summed E-state index contributed by atoms with van der Waals surface area (Å²) in [6.07, 6.45) is 1.75. The number of nitriles is 1. The maximum Gasteiger partial charge on any atom is 0.251 e. The molecule has 0 saturated carbocycles. The molecule has 1 amide bonds. The first-order chi connectivity index (χ1) is 15.9. The summed E-state index contributed by atoms with van der Waals surface area (Å²) in [6.45, 7) is 4.80. The van der Waals surface area contributed by atoms with Gasteiger partial charge in [0.15, 0.2) is 0 Å². The van der Waals surface area contributed by atoms with Gasteiger partial charge in [0.05, 0.1) is 42.7 Å². The van der Waals surface area contributed by atoms with E-state index in [1.54, 1.807) is 18.3 Å². The number of benzene rings is 1. The van der Waals surface area contributed by atoms with Crippen molar-refractivity contribution in [2.75, 3.05) is 6.61 Å². The monoisotopic (exact) mass is 438 g/mol. The average Bonchev–Trinajstić information content (AvgIpc) is 3.28. The Labute approximate surface area is 190 Å². The number of rotatable bonds is 4. The number of nitrogens with zero attached hydrogens (tertiary/aromatic N) is 4. The highest BCUT2D eigenvalue weighted by molar-refractivity contribution is 5.94. The molecule has 0 aliphatic carbocycles. The lowest BCUT2D eigenvalue weighted by atomic mass is 9.79. The quantitative estimate of drug-likeness (QED) is 0.503. The van der Waals surface area contributed by atoms with Crippen LogP contribution < -0.4 is 5.32 Å². The van der Waals surface area contributed by atoms with Crippen LogP contribution in [0.15, 0.2) is 48.7 Å². The predicted molar refractivity (Wildman–Crippen MR) is 122 cm³/mol. The fraction of sp³-hybridized carbons (Fsp3) is 0.240. The van der Waals surface area contributed by atoms with Gasteiger partial charge in [-0.15, -0.1) is 0 Å². The molecule has 0 unspecified atom stereocenters. The number of hydrogen-bond acceptors (Lipinski definition) is 6. The van der Waals surface area contributed by atoms with Crippen molar-refractivity contribution < 1.29 is 9.53 Å². The van der Waals surface area contributed by atoms with Crippen LogP contribution in [-0.2, 0) is 23.3 Å². The molecule has 4 aromatic rings. The van der Waals surface area contributed by atoms with Crippen LogP contribution in [0.2, 0.25) is 0 Å². The zero-order chi connectivity index (χ0) is 23.0. The minimum atomic E-state index is -0.764. The summed E-state index contributed by atoms with van der Waals surface area (Å²) in [7, 11) is 0. The fourth-order valence-electron chi connectivity index (χ4n) is 4.01. The van der Waals surface area contributed by atoms with Gasteiger partial charge in [0.1, 0.15) is 11.1 Å². The molecule has 1 atom stereocenters. The number of pyridine rings is 2. The third-order valence-electron chi connectivity index (χ3n) is 5.89. The lowest BCUT2D eigenvalue weighted by Gasteiger charge is -2.30. The first-order valence-corrected chi connectivity index (χ1v) is 10.6. The Balaban J connectivity index is 1.35.